The van der Waals surface area contributed by atoms with Gasteiger partial charge in [-0.3, -0.25) is 0 Å². The van der Waals surface area contributed by atoms with Gasteiger partial charge < -0.3 is 0 Å². The number of hydrogen-bond donors (Lipinski definition) is 2. The normalized spacial score (nSPS) is 7.00. The van der Waals surface area contributed by atoms with Crippen molar-refractivity contribution in [3.63, 3.8) is 0 Å². The third-order valence-electron chi connectivity index (χ3n) is 0. The van der Waals surface area contributed by atoms with Crippen LogP contribution in [0.25, 0.3) is 0 Å². The Morgan fingerprint density at radius 3 is 1.60 bits per heavy atom. The van der Waals surface area contributed by atoms with Gasteiger partial charge in [-0.25, -0.2) is 0 Å². The fourth-order valence-electron chi connectivity index (χ4n) is 0. The molecule has 5 heavy (non-hydrogen) atoms. The van der Waals surface area contributed by atoms with Crippen molar-refractivity contribution in [2.45, 2.75) is 0 Å². The van der Waals surface area contributed by atoms with Crippen molar-refractivity contribution in [1.82, 2.24) is 0 Å². The van der Waals surface area contributed by atoms with Crippen molar-refractivity contribution in [2.24, 2.45) is 0 Å². The summed E-state index contributed by atoms with van der Waals surface area (Å²) >= 11 is -3.61. The zero-order valence-electron chi connectivity index (χ0n) is 1.71. The summed E-state index contributed by atoms with van der Waals surface area (Å²) in [5.41, 5.74) is 0. The van der Waals surface area contributed by atoms with E-state index in [1.807, 2.05) is 0 Å². The van der Waals surface area contributed by atoms with Crippen LogP contribution in [-0.4, -0.2) is 56.9 Å². The van der Waals surface area contributed by atoms with Gasteiger partial charge in [-0.2, -0.15) is 0 Å². The van der Waals surface area contributed by atoms with E-state index in [1.54, 1.807) is 0 Å². The molecule has 0 fully saturated rings. The molecule has 0 aliphatic rings. The van der Waals surface area contributed by atoms with Gasteiger partial charge in [0, 0.05) is 1.43 Å². The summed E-state index contributed by atoms with van der Waals surface area (Å²) in [7, 11) is 0. The van der Waals surface area contributed by atoms with Crippen LogP contribution in [-0.2, 0) is 3.10 Å². The Balaban J connectivity index is -0.0000000450. The standard InChI is InChI=1S/Na.H2O3Te.H2.H/c;1-4(2)3;;/h;(H2,1,2,3);1H;. The van der Waals surface area contributed by atoms with Crippen molar-refractivity contribution in [2.75, 3.05) is 0 Å². The molecule has 0 spiro atoms. The first-order valence-corrected chi connectivity index (χ1v) is 3.57. The zero-order chi connectivity index (χ0) is 3.58. The molecular formula is H5NaO3Te. The Hall–Kier alpha value is 1.51. The van der Waals surface area contributed by atoms with E-state index in [2.05, 4.69) is 0 Å². The summed E-state index contributed by atoms with van der Waals surface area (Å²) in [5.74, 6) is 0. The average molecular weight is 204 g/mol. The Kier molecular flexibility index (Phi) is 10.7. The molecule has 2 N–H and O–H groups in total. The van der Waals surface area contributed by atoms with Crippen molar-refractivity contribution in [3.05, 3.63) is 0 Å². The summed E-state index contributed by atoms with van der Waals surface area (Å²) < 4.78 is 23.3. The van der Waals surface area contributed by atoms with Gasteiger partial charge in [-0.15, -0.1) is 0 Å². The SMILES string of the molecule is O=[Te](O)O.[HH].[NaH]. The molecule has 0 atom stereocenters. The Morgan fingerprint density at radius 2 is 1.60 bits per heavy atom. The van der Waals surface area contributed by atoms with Crippen LogP contribution in [0.2, 0.25) is 0 Å². The maximum atomic E-state index is 8.81. The molecule has 3 nitrogen and oxygen atoms in total. The third-order valence-corrected chi connectivity index (χ3v) is 0. The predicted molar refractivity (Wildman–Crippen MR) is 20.1 cm³/mol. The first kappa shape index (κ1) is 9.72. The van der Waals surface area contributed by atoms with E-state index in [4.69, 9.17) is 10.0 Å². The molecule has 0 rings (SSSR count). The second-order valence-electron chi connectivity index (χ2n) is 0.231. The molecule has 30 valence electrons. The first-order chi connectivity index (χ1) is 1.73. The molecule has 0 aromatic carbocycles. The topological polar surface area (TPSA) is 57.5 Å². The van der Waals surface area contributed by atoms with Crippen molar-refractivity contribution in [1.29, 1.82) is 0 Å². The Bertz CT molecular complexity index is 33.8. The van der Waals surface area contributed by atoms with Crippen LogP contribution in [0, 0.1) is 0 Å². The minimum absolute atomic E-state index is 0. The molecular weight excluding hydrogens is 199 g/mol. The second-order valence-corrected chi connectivity index (χ2v) is 1.55. The van der Waals surface area contributed by atoms with Crippen molar-refractivity contribution < 1.29 is 11.5 Å². The summed E-state index contributed by atoms with van der Waals surface area (Å²) in [4.78, 5) is 0. The zero-order valence-corrected chi connectivity index (χ0v) is 4.04. The Labute approximate surface area is 60.9 Å². The van der Waals surface area contributed by atoms with Gasteiger partial charge in [0.1, 0.15) is 0 Å². The van der Waals surface area contributed by atoms with Crippen LogP contribution in [0.5, 0.6) is 0 Å². The van der Waals surface area contributed by atoms with E-state index in [-0.39, 0.29) is 31.0 Å². The molecule has 5 heteroatoms. The molecule has 0 saturated carbocycles. The van der Waals surface area contributed by atoms with Gasteiger partial charge in [0.2, 0.25) is 0 Å². The average Bonchev–Trinajstić information content (AvgIpc) is 0.811. The van der Waals surface area contributed by atoms with E-state index in [0.717, 1.165) is 0 Å². The van der Waals surface area contributed by atoms with Gasteiger partial charge in [0.25, 0.3) is 0 Å². The van der Waals surface area contributed by atoms with Crippen LogP contribution in [0.1, 0.15) is 1.43 Å². The van der Waals surface area contributed by atoms with E-state index in [9.17, 15) is 0 Å². The maximum absolute atomic E-state index is 8.81. The first-order valence-electron chi connectivity index (χ1n) is 0.532. The number of hydrogen-bond acceptors (Lipinski definition) is 1. The second kappa shape index (κ2) is 5.51. The van der Waals surface area contributed by atoms with Crippen LogP contribution in [0.3, 0.4) is 0 Å². The molecule has 0 heterocycles. The molecule has 0 aliphatic heterocycles. The third kappa shape index (κ3) is 29.8. The summed E-state index contributed by atoms with van der Waals surface area (Å²) in [6.45, 7) is 0. The summed E-state index contributed by atoms with van der Waals surface area (Å²) in [6, 6.07) is 0. The molecule has 0 aliphatic carbocycles. The number of rotatable bonds is 0. The monoisotopic (exact) mass is 206 g/mol. The van der Waals surface area contributed by atoms with Gasteiger partial charge >= 0.3 is 60.0 Å². The molecule has 0 aromatic rings. The van der Waals surface area contributed by atoms with Gasteiger partial charge in [-0.05, 0) is 0 Å². The van der Waals surface area contributed by atoms with E-state index < -0.39 is 20.4 Å². The fraction of sp³-hybridized carbons (Fsp3) is 0. The van der Waals surface area contributed by atoms with Crippen LogP contribution in [0.4, 0.5) is 0 Å². The van der Waals surface area contributed by atoms with Crippen molar-refractivity contribution in [3.8, 4) is 0 Å². The molecule has 0 unspecified atom stereocenters. The van der Waals surface area contributed by atoms with Crippen LogP contribution < -0.4 is 0 Å². The van der Waals surface area contributed by atoms with Gasteiger partial charge in [0.15, 0.2) is 0 Å². The molecule has 0 bridgehead atoms. The molecule has 0 saturated heterocycles. The fourth-order valence-corrected chi connectivity index (χ4v) is 0. The summed E-state index contributed by atoms with van der Waals surface area (Å²) in [6.07, 6.45) is 0. The molecule has 0 radical (unpaired) electrons. The molecule has 0 aromatic heterocycles. The van der Waals surface area contributed by atoms with Crippen LogP contribution in [0.15, 0.2) is 0 Å². The molecule has 0 amide bonds. The minimum atomic E-state index is -3.61. The van der Waals surface area contributed by atoms with Crippen LogP contribution >= 0.6 is 0 Å². The van der Waals surface area contributed by atoms with Gasteiger partial charge in [0.05, 0.1) is 0 Å². The van der Waals surface area contributed by atoms with Crippen molar-refractivity contribution >= 4 is 49.9 Å². The van der Waals surface area contributed by atoms with E-state index in [0.29, 0.717) is 0 Å². The quantitative estimate of drug-likeness (QED) is 0.447. The predicted octanol–water partition coefficient (Wildman–Crippen LogP) is -2.02. The van der Waals surface area contributed by atoms with E-state index >= 15 is 0 Å². The van der Waals surface area contributed by atoms with Gasteiger partial charge in [-0.1, -0.05) is 0 Å². The summed E-state index contributed by atoms with van der Waals surface area (Å²) in [5, 5.41) is 0. The Morgan fingerprint density at radius 1 is 1.60 bits per heavy atom. The van der Waals surface area contributed by atoms with E-state index in [1.165, 1.54) is 0 Å².